The molecule has 0 unspecified atom stereocenters. The van der Waals surface area contributed by atoms with Gasteiger partial charge in [0.1, 0.15) is 0 Å². The molecule has 0 heterocycles. The zero-order chi connectivity index (χ0) is 7.28. The summed E-state index contributed by atoms with van der Waals surface area (Å²) in [6.07, 6.45) is -0.940. The fourth-order valence-electron chi connectivity index (χ4n) is 0.265. The Morgan fingerprint density at radius 2 is 1.90 bits per heavy atom. The maximum Gasteiger partial charge on any atom is 0.516 e. The Labute approximate surface area is 64.9 Å². The monoisotopic (exact) mass is 168 g/mol. The molecule has 0 radical (unpaired) electrons. The van der Waals surface area contributed by atoms with Crippen molar-refractivity contribution in [2.45, 2.75) is 13.8 Å². The van der Waals surface area contributed by atoms with E-state index in [1.54, 1.807) is 6.92 Å². The Kier molecular flexibility index (Phi) is 7.60. The lowest BCUT2D eigenvalue weighted by Crippen LogP contribution is -2.10. The van der Waals surface area contributed by atoms with Crippen molar-refractivity contribution in [2.75, 3.05) is 6.61 Å². The summed E-state index contributed by atoms with van der Waals surface area (Å²) in [6, 6.07) is 0. The molecule has 0 bridgehead atoms. The van der Waals surface area contributed by atoms with Crippen molar-refractivity contribution in [3.8, 4) is 0 Å². The van der Waals surface area contributed by atoms with Crippen LogP contribution >= 0.6 is 12.4 Å². The van der Waals surface area contributed by atoms with Crippen molar-refractivity contribution in [3.05, 3.63) is 0 Å². The molecule has 0 aliphatic heterocycles. The molecule has 60 valence electrons. The van der Waals surface area contributed by atoms with Gasteiger partial charge in [0.15, 0.2) is 0 Å². The molecule has 0 aliphatic rings. The van der Waals surface area contributed by atoms with E-state index in [0.717, 1.165) is 6.92 Å². The summed E-state index contributed by atoms with van der Waals surface area (Å²) in [5, 5.41) is 0. The van der Waals surface area contributed by atoms with Gasteiger partial charge in [0.25, 0.3) is 0 Å². The number of ether oxygens (including phenoxy) is 2. The second-order valence-electron chi connectivity index (χ2n) is 1.28. The highest BCUT2D eigenvalue weighted by Crippen LogP contribution is 1.83. The molecule has 0 aromatic rings. The van der Waals surface area contributed by atoms with Gasteiger partial charge in [0.05, 0.1) is 6.61 Å². The summed E-state index contributed by atoms with van der Waals surface area (Å²) in [7, 11) is 0. The molecule has 10 heavy (non-hydrogen) atoms. The van der Waals surface area contributed by atoms with Crippen molar-refractivity contribution in [1.82, 2.24) is 0 Å². The van der Waals surface area contributed by atoms with Crippen molar-refractivity contribution in [2.24, 2.45) is 0 Å². The Morgan fingerprint density at radius 3 is 2.20 bits per heavy atom. The van der Waals surface area contributed by atoms with Gasteiger partial charge in [-0.2, -0.15) is 0 Å². The Bertz CT molecular complexity index is 123. The minimum atomic E-state index is -0.940. The quantitative estimate of drug-likeness (QED) is 0.435. The number of halogens is 1. The van der Waals surface area contributed by atoms with E-state index in [0.29, 0.717) is 0 Å². The molecule has 0 N–H and O–H groups in total. The molecule has 0 atom stereocenters. The van der Waals surface area contributed by atoms with Crippen molar-refractivity contribution >= 4 is 24.5 Å². The third kappa shape index (κ3) is 7.23. The van der Waals surface area contributed by atoms with E-state index in [4.69, 9.17) is 0 Å². The average Bonchev–Trinajstić information content (AvgIpc) is 1.63. The first-order chi connectivity index (χ1) is 4.16. The molecular weight excluding hydrogens is 160 g/mol. The Morgan fingerprint density at radius 1 is 1.40 bits per heavy atom. The van der Waals surface area contributed by atoms with E-state index in [1.807, 2.05) is 0 Å². The van der Waals surface area contributed by atoms with Crippen LogP contribution in [0.4, 0.5) is 4.79 Å². The lowest BCUT2D eigenvalue weighted by molar-refractivity contribution is -0.137. The highest BCUT2D eigenvalue weighted by molar-refractivity contribution is 5.85. The SMILES string of the molecule is CCOC(=O)OC(C)=O.Cl. The molecule has 0 spiro atoms. The normalized spacial score (nSPS) is 7.40. The highest BCUT2D eigenvalue weighted by Gasteiger charge is 2.03. The van der Waals surface area contributed by atoms with Crippen LogP contribution in [0.15, 0.2) is 0 Å². The maximum absolute atomic E-state index is 10.2. The molecule has 4 nitrogen and oxygen atoms in total. The van der Waals surface area contributed by atoms with Gasteiger partial charge < -0.3 is 9.47 Å². The number of carbonyl (C=O) groups excluding carboxylic acids is 2. The fourth-order valence-corrected chi connectivity index (χ4v) is 0.265. The van der Waals surface area contributed by atoms with Gasteiger partial charge in [0, 0.05) is 6.92 Å². The zero-order valence-corrected chi connectivity index (χ0v) is 6.56. The molecule has 0 amide bonds. The van der Waals surface area contributed by atoms with Crippen LogP contribution in [-0.2, 0) is 14.3 Å². The lowest BCUT2D eigenvalue weighted by Gasteiger charge is -1.97. The summed E-state index contributed by atoms with van der Waals surface area (Å²) >= 11 is 0. The predicted octanol–water partition coefficient (Wildman–Crippen LogP) is 1.13. The lowest BCUT2D eigenvalue weighted by atomic mass is 10.8. The summed E-state index contributed by atoms with van der Waals surface area (Å²) in [5.41, 5.74) is 0. The van der Waals surface area contributed by atoms with E-state index >= 15 is 0 Å². The van der Waals surface area contributed by atoms with Crippen LogP contribution in [0.3, 0.4) is 0 Å². The van der Waals surface area contributed by atoms with Crippen molar-refractivity contribution in [1.29, 1.82) is 0 Å². The van der Waals surface area contributed by atoms with Crippen LogP contribution < -0.4 is 0 Å². The average molecular weight is 169 g/mol. The molecular formula is C5H9ClO4. The molecule has 0 aliphatic carbocycles. The van der Waals surface area contributed by atoms with Gasteiger partial charge in [-0.15, -0.1) is 12.4 Å². The van der Waals surface area contributed by atoms with Gasteiger partial charge in [0.2, 0.25) is 0 Å². The third-order valence-electron chi connectivity index (χ3n) is 0.489. The number of hydrogen-bond donors (Lipinski definition) is 0. The topological polar surface area (TPSA) is 52.6 Å². The van der Waals surface area contributed by atoms with Crippen LogP contribution in [0, 0.1) is 0 Å². The Hall–Kier alpha value is -0.770. The van der Waals surface area contributed by atoms with Gasteiger partial charge in [-0.1, -0.05) is 0 Å². The number of carbonyl (C=O) groups is 2. The first kappa shape index (κ1) is 12.0. The number of esters is 1. The molecule has 0 aromatic carbocycles. The predicted molar refractivity (Wildman–Crippen MR) is 36.0 cm³/mol. The molecule has 5 heteroatoms. The standard InChI is InChI=1S/C5H8O4.ClH/c1-3-8-5(7)9-4(2)6;/h3H2,1-2H3;1H. The summed E-state index contributed by atoms with van der Waals surface area (Å²) in [5.74, 6) is -0.659. The smallest absolute Gasteiger partial charge is 0.434 e. The van der Waals surface area contributed by atoms with E-state index in [2.05, 4.69) is 9.47 Å². The second-order valence-corrected chi connectivity index (χ2v) is 1.28. The third-order valence-corrected chi connectivity index (χ3v) is 0.489. The first-order valence-corrected chi connectivity index (χ1v) is 2.52. The Balaban J connectivity index is 0. The minimum Gasteiger partial charge on any atom is -0.434 e. The van der Waals surface area contributed by atoms with E-state index in [-0.39, 0.29) is 19.0 Å². The summed E-state index contributed by atoms with van der Waals surface area (Å²) in [4.78, 5) is 20.2. The summed E-state index contributed by atoms with van der Waals surface area (Å²) in [6.45, 7) is 2.98. The van der Waals surface area contributed by atoms with Crippen LogP contribution in [0.2, 0.25) is 0 Å². The van der Waals surface area contributed by atoms with E-state index in [1.165, 1.54) is 0 Å². The molecule has 0 fully saturated rings. The van der Waals surface area contributed by atoms with Gasteiger partial charge in [-0.3, -0.25) is 4.79 Å². The molecule has 0 rings (SSSR count). The fraction of sp³-hybridized carbons (Fsp3) is 0.600. The first-order valence-electron chi connectivity index (χ1n) is 2.52. The van der Waals surface area contributed by atoms with Gasteiger partial charge in [-0.05, 0) is 6.92 Å². The van der Waals surface area contributed by atoms with Crippen LogP contribution in [0.1, 0.15) is 13.8 Å². The maximum atomic E-state index is 10.2. The number of hydrogen-bond acceptors (Lipinski definition) is 4. The van der Waals surface area contributed by atoms with E-state index in [9.17, 15) is 9.59 Å². The van der Waals surface area contributed by atoms with Gasteiger partial charge in [-0.25, -0.2) is 4.79 Å². The highest BCUT2D eigenvalue weighted by atomic mass is 35.5. The molecule has 0 aromatic heterocycles. The largest absolute Gasteiger partial charge is 0.516 e. The molecule has 0 saturated carbocycles. The van der Waals surface area contributed by atoms with Crippen molar-refractivity contribution < 1.29 is 19.1 Å². The van der Waals surface area contributed by atoms with Crippen LogP contribution in [0.25, 0.3) is 0 Å². The number of rotatable bonds is 1. The van der Waals surface area contributed by atoms with Crippen LogP contribution in [-0.4, -0.2) is 18.7 Å². The zero-order valence-electron chi connectivity index (χ0n) is 5.75. The molecule has 0 saturated heterocycles. The minimum absolute atomic E-state index is 0. The summed E-state index contributed by atoms with van der Waals surface area (Å²) < 4.78 is 8.26. The van der Waals surface area contributed by atoms with Gasteiger partial charge >= 0.3 is 12.1 Å². The van der Waals surface area contributed by atoms with Crippen LogP contribution in [0.5, 0.6) is 0 Å². The van der Waals surface area contributed by atoms with Crippen molar-refractivity contribution in [3.63, 3.8) is 0 Å². The second kappa shape index (κ2) is 6.35. The van der Waals surface area contributed by atoms with E-state index < -0.39 is 12.1 Å².